The molecule has 4 aliphatic carbocycles. The van der Waals surface area contributed by atoms with Gasteiger partial charge in [-0.3, -0.25) is 4.79 Å². The van der Waals surface area contributed by atoms with Crippen molar-refractivity contribution in [3.05, 3.63) is 0 Å². The van der Waals surface area contributed by atoms with E-state index in [1.54, 1.807) is 0 Å². The minimum Gasteiger partial charge on any atom is -0.432 e. The van der Waals surface area contributed by atoms with Gasteiger partial charge in [0.15, 0.2) is 0 Å². The molecule has 1 heterocycles. The van der Waals surface area contributed by atoms with Gasteiger partial charge >= 0.3 is 5.97 Å². The predicted molar refractivity (Wildman–Crippen MR) is 141 cm³/mol. The van der Waals surface area contributed by atoms with Gasteiger partial charge in [0.2, 0.25) is 6.29 Å². The van der Waals surface area contributed by atoms with Crippen molar-refractivity contribution in [2.75, 3.05) is 0 Å². The van der Waals surface area contributed by atoms with Crippen LogP contribution in [0.2, 0.25) is 0 Å². The zero-order valence-electron chi connectivity index (χ0n) is 24.2. The van der Waals surface area contributed by atoms with Crippen LogP contribution in [0.4, 0.5) is 0 Å². The first-order valence-electron chi connectivity index (χ1n) is 15.0. The first-order chi connectivity index (χ1) is 17.1. The highest BCUT2D eigenvalue weighted by molar-refractivity contribution is 5.75. The van der Waals surface area contributed by atoms with E-state index in [4.69, 9.17) is 9.47 Å². The molecule has 0 amide bonds. The highest BCUT2D eigenvalue weighted by Crippen LogP contribution is 2.71. The van der Waals surface area contributed by atoms with Crippen LogP contribution in [0, 0.1) is 51.2 Å². The van der Waals surface area contributed by atoms with Gasteiger partial charge in [-0.2, -0.15) is 0 Å². The Hall–Kier alpha value is -0.690. The lowest BCUT2D eigenvalue weighted by atomic mass is 9.39. The van der Waals surface area contributed by atoms with E-state index in [1.165, 1.54) is 0 Å². The molecule has 5 fully saturated rings. The van der Waals surface area contributed by atoms with E-state index < -0.39 is 11.7 Å². The Kier molecular flexibility index (Phi) is 6.91. The summed E-state index contributed by atoms with van der Waals surface area (Å²) in [7, 11) is 0. The maximum atomic E-state index is 12.2. The lowest BCUT2D eigenvalue weighted by Crippen LogP contribution is -2.65. The first kappa shape index (κ1) is 27.9. The van der Waals surface area contributed by atoms with E-state index in [-0.39, 0.29) is 52.5 Å². The molecule has 13 atom stereocenters. The maximum Gasteiger partial charge on any atom is 0.313 e. The molecule has 0 aromatic heterocycles. The number of esters is 1. The molecule has 37 heavy (non-hydrogen) atoms. The highest BCUT2D eigenvalue weighted by atomic mass is 16.8. The second kappa shape index (κ2) is 9.17. The number of carbonyl (C=O) groups excluding carboxylic acids is 1. The number of rotatable bonds is 5. The standard InChI is InChI=1S/C31H52O6/c1-17(8-11-23-26(36-23)37-27(35)28(2,3)4)19-9-10-20-25-21(14-24(34)31(19,20)7)30(6)13-12-18(32)15-29(30,5)16-22(25)33/h17-26,32-34H,8-16H2,1-7H3/t17-,18-,19-,20?,21?,22-,23?,24+,25?,26?,29+,30-,31-/m1/s1. The van der Waals surface area contributed by atoms with E-state index in [9.17, 15) is 20.1 Å². The predicted octanol–water partition coefficient (Wildman–Crippen LogP) is 5.07. The molecule has 4 saturated carbocycles. The fourth-order valence-electron chi connectivity index (χ4n) is 9.92. The molecular weight excluding hydrogens is 468 g/mol. The van der Waals surface area contributed by atoms with Gasteiger partial charge in [-0.05, 0) is 124 Å². The van der Waals surface area contributed by atoms with Gasteiger partial charge in [0.05, 0.1) is 23.7 Å². The number of epoxide rings is 1. The van der Waals surface area contributed by atoms with Crippen molar-refractivity contribution in [3.63, 3.8) is 0 Å². The van der Waals surface area contributed by atoms with E-state index in [0.29, 0.717) is 23.7 Å². The lowest BCUT2D eigenvalue weighted by Gasteiger charge is -2.67. The minimum atomic E-state index is -0.526. The average molecular weight is 521 g/mol. The molecule has 5 rings (SSSR count). The molecule has 6 heteroatoms. The van der Waals surface area contributed by atoms with Gasteiger partial charge in [-0.25, -0.2) is 0 Å². The molecule has 1 saturated heterocycles. The Morgan fingerprint density at radius 1 is 1.05 bits per heavy atom. The van der Waals surface area contributed by atoms with Gasteiger partial charge in [0.1, 0.15) is 6.10 Å². The maximum absolute atomic E-state index is 12.2. The normalized spacial score (nSPS) is 52.0. The fraction of sp³-hybridized carbons (Fsp3) is 0.968. The molecule has 0 aromatic carbocycles. The molecular formula is C31H52O6. The number of carbonyl (C=O) groups is 1. The van der Waals surface area contributed by atoms with Crippen molar-refractivity contribution >= 4 is 5.97 Å². The molecule has 0 radical (unpaired) electrons. The Morgan fingerprint density at radius 2 is 1.76 bits per heavy atom. The summed E-state index contributed by atoms with van der Waals surface area (Å²) in [6.07, 6.45) is 6.68. The monoisotopic (exact) mass is 520 g/mol. The number of hydrogen-bond acceptors (Lipinski definition) is 6. The van der Waals surface area contributed by atoms with Gasteiger partial charge in [0.25, 0.3) is 0 Å². The van der Waals surface area contributed by atoms with Crippen LogP contribution in [0.3, 0.4) is 0 Å². The SMILES string of the molecule is C[C@H](CCC1OC1OC(=O)C(C)(C)C)[C@H]1CCC2C3C(C[C@H](O)[C@@]21C)[C@@]1(C)CC[C@@H](O)C[C@@]1(C)C[C@H]3O. The van der Waals surface area contributed by atoms with Crippen LogP contribution < -0.4 is 0 Å². The smallest absolute Gasteiger partial charge is 0.313 e. The third kappa shape index (κ3) is 4.40. The van der Waals surface area contributed by atoms with Gasteiger partial charge in [-0.15, -0.1) is 0 Å². The average Bonchev–Trinajstić information content (AvgIpc) is 3.43. The van der Waals surface area contributed by atoms with Crippen LogP contribution in [-0.4, -0.2) is 52.0 Å². The molecule has 0 spiro atoms. The molecule has 6 nitrogen and oxygen atoms in total. The largest absolute Gasteiger partial charge is 0.432 e. The van der Waals surface area contributed by atoms with E-state index >= 15 is 0 Å². The Morgan fingerprint density at radius 3 is 2.43 bits per heavy atom. The summed E-state index contributed by atoms with van der Waals surface area (Å²) in [6.45, 7) is 14.9. The fourth-order valence-corrected chi connectivity index (χ4v) is 9.92. The molecule has 0 bridgehead atoms. The van der Waals surface area contributed by atoms with E-state index in [2.05, 4.69) is 27.7 Å². The van der Waals surface area contributed by atoms with Crippen LogP contribution >= 0.6 is 0 Å². The Bertz CT molecular complexity index is 883. The number of hydrogen-bond donors (Lipinski definition) is 3. The molecule has 0 aromatic rings. The van der Waals surface area contributed by atoms with Crippen LogP contribution in [0.1, 0.15) is 106 Å². The zero-order chi connectivity index (χ0) is 27.1. The van der Waals surface area contributed by atoms with Crippen molar-refractivity contribution in [3.8, 4) is 0 Å². The van der Waals surface area contributed by atoms with E-state index in [0.717, 1.165) is 57.8 Å². The van der Waals surface area contributed by atoms with Crippen molar-refractivity contribution in [1.82, 2.24) is 0 Å². The van der Waals surface area contributed by atoms with E-state index in [1.807, 2.05) is 20.8 Å². The summed E-state index contributed by atoms with van der Waals surface area (Å²) < 4.78 is 11.2. The van der Waals surface area contributed by atoms with Crippen LogP contribution in [-0.2, 0) is 14.3 Å². The number of aliphatic hydroxyl groups is 3. The number of fused-ring (bicyclic) bond motifs is 5. The third-order valence-electron chi connectivity index (χ3n) is 12.5. The third-order valence-corrected chi connectivity index (χ3v) is 12.5. The summed E-state index contributed by atoms with van der Waals surface area (Å²) in [6, 6.07) is 0. The van der Waals surface area contributed by atoms with Crippen molar-refractivity contribution in [2.24, 2.45) is 51.2 Å². The number of aliphatic hydroxyl groups excluding tert-OH is 3. The molecule has 212 valence electrons. The van der Waals surface area contributed by atoms with Crippen molar-refractivity contribution < 1.29 is 29.6 Å². The summed E-state index contributed by atoms with van der Waals surface area (Å²) in [5.74, 6) is 1.47. The van der Waals surface area contributed by atoms with Crippen LogP contribution in [0.25, 0.3) is 0 Å². The molecule has 1 aliphatic heterocycles. The first-order valence-corrected chi connectivity index (χ1v) is 15.0. The second-order valence-electron chi connectivity index (χ2n) is 15.5. The molecule has 5 aliphatic rings. The quantitative estimate of drug-likeness (QED) is 0.346. The Balaban J connectivity index is 1.26. The topological polar surface area (TPSA) is 99.5 Å². The minimum absolute atomic E-state index is 0.0149. The summed E-state index contributed by atoms with van der Waals surface area (Å²) in [5.41, 5.74) is -0.754. The van der Waals surface area contributed by atoms with Crippen LogP contribution in [0.5, 0.6) is 0 Å². The Labute approximate surface area is 223 Å². The summed E-state index contributed by atoms with van der Waals surface area (Å²) in [4.78, 5) is 12.2. The highest BCUT2D eigenvalue weighted by Gasteiger charge is 2.68. The molecule has 5 unspecified atom stereocenters. The zero-order valence-corrected chi connectivity index (χ0v) is 24.2. The lowest BCUT2D eigenvalue weighted by molar-refractivity contribution is -0.233. The van der Waals surface area contributed by atoms with Gasteiger partial charge in [-0.1, -0.05) is 27.7 Å². The van der Waals surface area contributed by atoms with Crippen molar-refractivity contribution in [2.45, 2.75) is 137 Å². The van der Waals surface area contributed by atoms with Gasteiger partial charge < -0.3 is 24.8 Å². The number of ether oxygens (including phenoxy) is 2. The van der Waals surface area contributed by atoms with Gasteiger partial charge in [0, 0.05) is 0 Å². The van der Waals surface area contributed by atoms with Crippen molar-refractivity contribution in [1.29, 1.82) is 0 Å². The van der Waals surface area contributed by atoms with Crippen LogP contribution in [0.15, 0.2) is 0 Å². The molecule has 3 N–H and O–H groups in total. The second-order valence-corrected chi connectivity index (χ2v) is 15.5. The summed E-state index contributed by atoms with van der Waals surface area (Å²) >= 11 is 0. The summed E-state index contributed by atoms with van der Waals surface area (Å²) in [5, 5.41) is 33.9.